The third-order valence-corrected chi connectivity index (χ3v) is 5.94. The number of hydrogen-bond acceptors (Lipinski definition) is 3. The fourth-order valence-electron chi connectivity index (χ4n) is 4.04. The molecule has 2 amide bonds. The Kier molecular flexibility index (Phi) is 8.59. The third kappa shape index (κ3) is 7.47. The first-order valence-corrected chi connectivity index (χ1v) is 11.4. The third-order valence-electron chi connectivity index (χ3n) is 5.73. The minimum Gasteiger partial charge on any atom is -0.337 e. The van der Waals surface area contributed by atoms with E-state index in [-0.39, 0.29) is 16.9 Å². The second-order valence-electron chi connectivity index (χ2n) is 8.27. The van der Waals surface area contributed by atoms with E-state index in [1.54, 1.807) is 30.1 Å². The highest BCUT2D eigenvalue weighted by Gasteiger charge is 2.16. The van der Waals surface area contributed by atoms with E-state index in [1.165, 1.54) is 32.1 Å². The molecule has 1 fully saturated rings. The molecule has 2 aromatic rings. The molecule has 0 saturated heterocycles. The van der Waals surface area contributed by atoms with E-state index >= 15 is 0 Å². The number of hydrogen-bond donors (Lipinski definition) is 2. The quantitative estimate of drug-likeness (QED) is 0.590. The van der Waals surface area contributed by atoms with Crippen molar-refractivity contribution in [1.82, 2.24) is 10.2 Å². The zero-order valence-corrected chi connectivity index (χ0v) is 18.9. The number of thiocarbonyl (C=S) groups is 1. The molecule has 0 unspecified atom stereocenters. The van der Waals surface area contributed by atoms with E-state index in [2.05, 4.69) is 10.6 Å². The highest BCUT2D eigenvalue weighted by Crippen LogP contribution is 2.27. The van der Waals surface area contributed by atoms with Crippen molar-refractivity contribution < 1.29 is 9.59 Å². The summed E-state index contributed by atoms with van der Waals surface area (Å²) in [7, 11) is 1.78. The van der Waals surface area contributed by atoms with Crippen LogP contribution in [-0.2, 0) is 11.3 Å². The average molecular weight is 438 g/mol. The van der Waals surface area contributed by atoms with E-state index in [9.17, 15) is 9.59 Å². The van der Waals surface area contributed by atoms with Gasteiger partial charge in [0.1, 0.15) is 0 Å². The molecule has 0 heterocycles. The number of nitrogens with zero attached hydrogens (tertiary/aromatic N) is 1. The van der Waals surface area contributed by atoms with Crippen LogP contribution in [0.25, 0.3) is 0 Å². The molecule has 0 atom stereocenters. The van der Waals surface area contributed by atoms with Crippen LogP contribution in [0.4, 0.5) is 5.69 Å². The van der Waals surface area contributed by atoms with E-state index in [4.69, 9.17) is 12.2 Å². The van der Waals surface area contributed by atoms with Gasteiger partial charge in [-0.05, 0) is 48.3 Å². The molecule has 0 aromatic heterocycles. The van der Waals surface area contributed by atoms with Gasteiger partial charge in [-0.1, -0.05) is 68.5 Å². The number of amides is 2. The second kappa shape index (κ2) is 11.6. The number of rotatable bonds is 7. The summed E-state index contributed by atoms with van der Waals surface area (Å²) in [5, 5.41) is 6.04. The molecule has 2 N–H and O–H groups in total. The molecule has 0 spiro atoms. The molecule has 164 valence electrons. The Balaban J connectivity index is 1.49. The van der Waals surface area contributed by atoms with Crippen molar-refractivity contribution in [2.45, 2.75) is 51.5 Å². The van der Waals surface area contributed by atoms with Gasteiger partial charge in [0.2, 0.25) is 5.91 Å². The summed E-state index contributed by atoms with van der Waals surface area (Å²) in [6.07, 6.45) is 7.76. The summed E-state index contributed by atoms with van der Waals surface area (Å²) in [5.41, 5.74) is 2.32. The van der Waals surface area contributed by atoms with Gasteiger partial charge < -0.3 is 15.5 Å². The molecule has 1 saturated carbocycles. The number of anilines is 1. The number of carbonyl (C=O) groups excluding carboxylic acids is 2. The maximum absolute atomic E-state index is 12.8. The standard InChI is InChI=1S/C25H31N3O2S/c1-28(18-20-11-6-3-7-12-20)24(30)21-13-8-14-22(17-21)26-25(31)27-23(29)16-15-19-9-4-2-5-10-19/h3,6-8,11-14,17,19H,2,4-5,9-10,15-16,18H2,1H3,(H2,26,27,29,31). The Morgan fingerprint density at radius 1 is 1.03 bits per heavy atom. The van der Waals surface area contributed by atoms with Crippen LogP contribution in [-0.4, -0.2) is 28.9 Å². The lowest BCUT2D eigenvalue weighted by Gasteiger charge is -2.21. The molecule has 0 bridgehead atoms. The molecule has 1 aliphatic rings. The van der Waals surface area contributed by atoms with Crippen LogP contribution in [0.3, 0.4) is 0 Å². The highest BCUT2D eigenvalue weighted by molar-refractivity contribution is 7.80. The van der Waals surface area contributed by atoms with Crippen LogP contribution in [0.5, 0.6) is 0 Å². The number of carbonyl (C=O) groups is 2. The van der Waals surface area contributed by atoms with Crippen molar-refractivity contribution in [1.29, 1.82) is 0 Å². The van der Waals surface area contributed by atoms with E-state index in [0.29, 0.717) is 30.1 Å². The lowest BCUT2D eigenvalue weighted by molar-refractivity contribution is -0.120. The van der Waals surface area contributed by atoms with Crippen LogP contribution in [0.2, 0.25) is 0 Å². The van der Waals surface area contributed by atoms with Crippen molar-refractivity contribution in [3.05, 3.63) is 65.7 Å². The van der Waals surface area contributed by atoms with Gasteiger partial charge in [-0.3, -0.25) is 9.59 Å². The molecule has 6 heteroatoms. The molecule has 0 aliphatic heterocycles. The largest absolute Gasteiger partial charge is 0.337 e. The summed E-state index contributed by atoms with van der Waals surface area (Å²) < 4.78 is 0. The van der Waals surface area contributed by atoms with Crippen molar-refractivity contribution in [3.8, 4) is 0 Å². The summed E-state index contributed by atoms with van der Waals surface area (Å²) in [6.45, 7) is 0.535. The summed E-state index contributed by atoms with van der Waals surface area (Å²) >= 11 is 5.29. The van der Waals surface area contributed by atoms with Gasteiger partial charge in [0.25, 0.3) is 5.91 Å². The maximum atomic E-state index is 12.8. The zero-order chi connectivity index (χ0) is 22.1. The lowest BCUT2D eigenvalue weighted by atomic mass is 9.86. The van der Waals surface area contributed by atoms with Gasteiger partial charge >= 0.3 is 0 Å². The topological polar surface area (TPSA) is 61.4 Å². The van der Waals surface area contributed by atoms with Crippen molar-refractivity contribution >= 4 is 34.8 Å². The van der Waals surface area contributed by atoms with E-state index in [0.717, 1.165) is 12.0 Å². The van der Waals surface area contributed by atoms with Gasteiger partial charge in [-0.25, -0.2) is 0 Å². The Morgan fingerprint density at radius 3 is 2.52 bits per heavy atom. The molecule has 5 nitrogen and oxygen atoms in total. The fourth-order valence-corrected chi connectivity index (χ4v) is 4.27. The number of nitrogens with one attached hydrogen (secondary N) is 2. The molecule has 2 aromatic carbocycles. The van der Waals surface area contributed by atoms with Gasteiger partial charge in [0.15, 0.2) is 5.11 Å². The fraction of sp³-hybridized carbons (Fsp3) is 0.400. The normalized spacial score (nSPS) is 14.0. The van der Waals surface area contributed by atoms with Crippen LogP contribution >= 0.6 is 12.2 Å². The first-order valence-electron chi connectivity index (χ1n) is 11.0. The first-order chi connectivity index (χ1) is 15.0. The summed E-state index contributed by atoms with van der Waals surface area (Å²) in [6, 6.07) is 17.0. The van der Waals surface area contributed by atoms with Crippen LogP contribution in [0.1, 0.15) is 60.9 Å². The monoisotopic (exact) mass is 437 g/mol. The number of benzene rings is 2. The lowest BCUT2D eigenvalue weighted by Crippen LogP contribution is -2.34. The van der Waals surface area contributed by atoms with Crippen LogP contribution in [0.15, 0.2) is 54.6 Å². The molecule has 0 radical (unpaired) electrons. The van der Waals surface area contributed by atoms with Gasteiger partial charge in [-0.15, -0.1) is 0 Å². The van der Waals surface area contributed by atoms with E-state index < -0.39 is 0 Å². The zero-order valence-electron chi connectivity index (χ0n) is 18.1. The minimum atomic E-state index is -0.0741. The van der Waals surface area contributed by atoms with Gasteiger partial charge in [0, 0.05) is 31.3 Å². The molecule has 1 aliphatic carbocycles. The predicted molar refractivity (Wildman–Crippen MR) is 129 cm³/mol. The van der Waals surface area contributed by atoms with Crippen molar-refractivity contribution in [2.75, 3.05) is 12.4 Å². The first kappa shape index (κ1) is 22.9. The van der Waals surface area contributed by atoms with Crippen molar-refractivity contribution in [3.63, 3.8) is 0 Å². The smallest absolute Gasteiger partial charge is 0.253 e. The van der Waals surface area contributed by atoms with Gasteiger partial charge in [-0.2, -0.15) is 0 Å². The van der Waals surface area contributed by atoms with Crippen molar-refractivity contribution in [2.24, 2.45) is 5.92 Å². The Labute approximate surface area is 190 Å². The Morgan fingerprint density at radius 2 is 1.77 bits per heavy atom. The Bertz CT molecular complexity index is 895. The predicted octanol–water partition coefficient (Wildman–Crippen LogP) is 5.13. The average Bonchev–Trinajstić information content (AvgIpc) is 2.78. The van der Waals surface area contributed by atoms with Crippen LogP contribution < -0.4 is 10.6 Å². The molecular formula is C25H31N3O2S. The molecule has 31 heavy (non-hydrogen) atoms. The molecule has 3 rings (SSSR count). The highest BCUT2D eigenvalue weighted by atomic mass is 32.1. The maximum Gasteiger partial charge on any atom is 0.253 e. The summed E-state index contributed by atoms with van der Waals surface area (Å²) in [5.74, 6) is 0.532. The summed E-state index contributed by atoms with van der Waals surface area (Å²) in [4.78, 5) is 26.7. The Hall–Kier alpha value is -2.73. The SMILES string of the molecule is CN(Cc1ccccc1)C(=O)c1cccc(NC(=S)NC(=O)CCC2CCCCC2)c1. The van der Waals surface area contributed by atoms with Gasteiger partial charge in [0.05, 0.1) is 0 Å². The van der Waals surface area contributed by atoms with E-state index in [1.807, 2.05) is 36.4 Å². The van der Waals surface area contributed by atoms with Crippen LogP contribution in [0, 0.1) is 5.92 Å². The molecular weight excluding hydrogens is 406 g/mol. The minimum absolute atomic E-state index is 0.0575. The second-order valence-corrected chi connectivity index (χ2v) is 8.68.